The van der Waals surface area contributed by atoms with Crippen molar-refractivity contribution in [1.29, 1.82) is 0 Å². The molecular weight excluding hydrogens is 206 g/mol. The summed E-state index contributed by atoms with van der Waals surface area (Å²) in [5.74, 6) is -0.812. The number of benzene rings is 1. The van der Waals surface area contributed by atoms with E-state index in [1.165, 1.54) is 10.7 Å². The Hall–Kier alpha value is -2.30. The van der Waals surface area contributed by atoms with Gasteiger partial charge in [-0.1, -0.05) is 30.3 Å². The van der Waals surface area contributed by atoms with Crippen molar-refractivity contribution in [2.75, 3.05) is 5.73 Å². The summed E-state index contributed by atoms with van der Waals surface area (Å²) in [4.78, 5) is 10.9. The SMILES string of the molecule is Nc1cc(C(=O)O)n(Cc2ccccc2)n1. The second-order valence-electron chi connectivity index (χ2n) is 3.40. The standard InChI is InChI=1S/C11H11N3O2/c12-10-6-9(11(15)16)14(13-10)7-8-4-2-1-3-5-8/h1-6H,7H2,(H2,12,13)(H,15,16). The second-order valence-corrected chi connectivity index (χ2v) is 3.40. The van der Waals surface area contributed by atoms with Gasteiger partial charge in [0.1, 0.15) is 11.5 Å². The molecule has 0 saturated heterocycles. The molecule has 0 amide bonds. The van der Waals surface area contributed by atoms with E-state index >= 15 is 0 Å². The minimum absolute atomic E-state index is 0.0985. The van der Waals surface area contributed by atoms with E-state index in [4.69, 9.17) is 10.8 Å². The zero-order valence-electron chi connectivity index (χ0n) is 8.50. The third-order valence-corrected chi connectivity index (χ3v) is 2.19. The summed E-state index contributed by atoms with van der Waals surface area (Å²) in [7, 11) is 0. The molecule has 16 heavy (non-hydrogen) atoms. The lowest BCUT2D eigenvalue weighted by molar-refractivity contribution is 0.0684. The van der Waals surface area contributed by atoms with Crippen LogP contribution in [0.4, 0.5) is 5.82 Å². The van der Waals surface area contributed by atoms with Crippen LogP contribution in [-0.4, -0.2) is 20.9 Å². The molecule has 2 rings (SSSR count). The first-order valence-electron chi connectivity index (χ1n) is 4.77. The van der Waals surface area contributed by atoms with Crippen LogP contribution >= 0.6 is 0 Å². The first-order valence-corrected chi connectivity index (χ1v) is 4.77. The molecule has 5 nitrogen and oxygen atoms in total. The van der Waals surface area contributed by atoms with Crippen molar-refractivity contribution in [3.63, 3.8) is 0 Å². The highest BCUT2D eigenvalue weighted by molar-refractivity contribution is 5.86. The minimum atomic E-state index is -1.03. The topological polar surface area (TPSA) is 81.1 Å². The van der Waals surface area contributed by atoms with E-state index in [1.54, 1.807) is 0 Å². The van der Waals surface area contributed by atoms with Crippen LogP contribution in [0.15, 0.2) is 36.4 Å². The summed E-state index contributed by atoms with van der Waals surface area (Å²) in [6, 6.07) is 10.8. The Bertz CT molecular complexity index is 505. The highest BCUT2D eigenvalue weighted by Crippen LogP contribution is 2.09. The van der Waals surface area contributed by atoms with Crippen molar-refractivity contribution in [3.8, 4) is 0 Å². The van der Waals surface area contributed by atoms with E-state index < -0.39 is 5.97 Å². The Kier molecular flexibility index (Phi) is 2.59. The summed E-state index contributed by atoms with van der Waals surface area (Å²) in [5.41, 5.74) is 6.55. The predicted molar refractivity (Wildman–Crippen MR) is 59.1 cm³/mol. The van der Waals surface area contributed by atoms with Crippen LogP contribution < -0.4 is 5.73 Å². The van der Waals surface area contributed by atoms with Crippen LogP contribution in [0.3, 0.4) is 0 Å². The maximum atomic E-state index is 10.9. The predicted octanol–water partition coefficient (Wildman–Crippen LogP) is 1.21. The second kappa shape index (κ2) is 4.06. The number of anilines is 1. The number of nitrogens with zero attached hydrogens (tertiary/aromatic N) is 2. The molecule has 0 aliphatic carbocycles. The van der Waals surface area contributed by atoms with E-state index in [9.17, 15) is 4.79 Å². The summed E-state index contributed by atoms with van der Waals surface area (Å²) >= 11 is 0. The zero-order valence-corrected chi connectivity index (χ0v) is 8.50. The van der Waals surface area contributed by atoms with Gasteiger partial charge >= 0.3 is 5.97 Å². The molecule has 0 saturated carbocycles. The van der Waals surface area contributed by atoms with Crippen LogP contribution in [0.25, 0.3) is 0 Å². The molecule has 3 N–H and O–H groups in total. The highest BCUT2D eigenvalue weighted by atomic mass is 16.4. The van der Waals surface area contributed by atoms with Crippen LogP contribution in [0, 0.1) is 0 Å². The molecule has 5 heteroatoms. The molecule has 0 radical (unpaired) electrons. The first-order chi connectivity index (χ1) is 7.66. The fourth-order valence-electron chi connectivity index (χ4n) is 1.49. The van der Waals surface area contributed by atoms with E-state index in [0.29, 0.717) is 6.54 Å². The average molecular weight is 217 g/mol. The molecule has 0 spiro atoms. The number of rotatable bonds is 3. The van der Waals surface area contributed by atoms with Crippen molar-refractivity contribution in [3.05, 3.63) is 47.7 Å². The van der Waals surface area contributed by atoms with Gasteiger partial charge in [0.05, 0.1) is 6.54 Å². The van der Waals surface area contributed by atoms with Gasteiger partial charge in [-0.3, -0.25) is 4.68 Å². The lowest BCUT2D eigenvalue weighted by Gasteiger charge is -2.03. The molecule has 1 aromatic heterocycles. The van der Waals surface area contributed by atoms with Crippen molar-refractivity contribution < 1.29 is 9.90 Å². The maximum absolute atomic E-state index is 10.9. The number of hydrogen-bond donors (Lipinski definition) is 2. The van der Waals surface area contributed by atoms with Crippen molar-refractivity contribution in [2.45, 2.75) is 6.54 Å². The number of hydrogen-bond acceptors (Lipinski definition) is 3. The van der Waals surface area contributed by atoms with Gasteiger partial charge in [-0.15, -0.1) is 0 Å². The van der Waals surface area contributed by atoms with Crippen molar-refractivity contribution in [1.82, 2.24) is 9.78 Å². The minimum Gasteiger partial charge on any atom is -0.477 e. The van der Waals surface area contributed by atoms with Gasteiger partial charge in [-0.2, -0.15) is 5.10 Å². The quantitative estimate of drug-likeness (QED) is 0.809. The lowest BCUT2D eigenvalue weighted by Crippen LogP contribution is -2.10. The third kappa shape index (κ3) is 2.03. The van der Waals surface area contributed by atoms with Crippen molar-refractivity contribution in [2.24, 2.45) is 0 Å². The third-order valence-electron chi connectivity index (χ3n) is 2.19. The molecule has 0 fully saturated rings. The molecule has 2 aromatic rings. The van der Waals surface area contributed by atoms with Gasteiger partial charge in [-0.25, -0.2) is 4.79 Å². The van der Waals surface area contributed by atoms with Crippen molar-refractivity contribution >= 4 is 11.8 Å². The normalized spacial score (nSPS) is 10.2. The van der Waals surface area contributed by atoms with Gasteiger partial charge in [0, 0.05) is 6.07 Å². The molecule has 0 aliphatic rings. The molecule has 0 bridgehead atoms. The molecular formula is C11H11N3O2. The Balaban J connectivity index is 2.31. The number of carbonyl (C=O) groups is 1. The number of aromatic nitrogens is 2. The highest BCUT2D eigenvalue weighted by Gasteiger charge is 2.12. The van der Waals surface area contributed by atoms with Gasteiger partial charge in [0.15, 0.2) is 0 Å². The van der Waals surface area contributed by atoms with E-state index in [1.807, 2.05) is 30.3 Å². The molecule has 0 atom stereocenters. The number of aromatic carboxylic acids is 1. The van der Waals surface area contributed by atoms with Crippen LogP contribution in [-0.2, 0) is 6.54 Å². The Morgan fingerprint density at radius 3 is 2.69 bits per heavy atom. The Morgan fingerprint density at radius 1 is 1.38 bits per heavy atom. The molecule has 0 unspecified atom stereocenters. The monoisotopic (exact) mass is 217 g/mol. The Morgan fingerprint density at radius 2 is 2.06 bits per heavy atom. The number of nitrogen functional groups attached to an aromatic ring is 1. The van der Waals surface area contributed by atoms with Crippen LogP contribution in [0.2, 0.25) is 0 Å². The molecule has 1 heterocycles. The molecule has 82 valence electrons. The van der Waals surface area contributed by atoms with E-state index in [-0.39, 0.29) is 11.5 Å². The average Bonchev–Trinajstić information content (AvgIpc) is 2.61. The molecule has 1 aromatic carbocycles. The molecule has 0 aliphatic heterocycles. The van der Waals surface area contributed by atoms with Gasteiger partial charge in [0.2, 0.25) is 0 Å². The lowest BCUT2D eigenvalue weighted by atomic mass is 10.2. The van der Waals surface area contributed by atoms with Gasteiger partial charge in [-0.05, 0) is 5.56 Å². The number of carboxylic acid groups (broad SMARTS) is 1. The van der Waals surface area contributed by atoms with Crippen LogP contribution in [0.5, 0.6) is 0 Å². The largest absolute Gasteiger partial charge is 0.477 e. The summed E-state index contributed by atoms with van der Waals surface area (Å²) in [6.45, 7) is 0.402. The summed E-state index contributed by atoms with van der Waals surface area (Å²) in [6.07, 6.45) is 0. The first kappa shape index (κ1) is 10.2. The number of nitrogens with two attached hydrogens (primary N) is 1. The van der Waals surface area contributed by atoms with E-state index in [2.05, 4.69) is 5.10 Å². The number of carboxylic acids is 1. The fraction of sp³-hybridized carbons (Fsp3) is 0.0909. The van der Waals surface area contributed by atoms with Crippen LogP contribution in [0.1, 0.15) is 16.1 Å². The van der Waals surface area contributed by atoms with Gasteiger partial charge < -0.3 is 10.8 Å². The van der Waals surface area contributed by atoms with E-state index in [0.717, 1.165) is 5.56 Å². The fourth-order valence-corrected chi connectivity index (χ4v) is 1.49. The smallest absolute Gasteiger partial charge is 0.354 e. The maximum Gasteiger partial charge on any atom is 0.354 e. The zero-order chi connectivity index (χ0) is 11.5. The van der Waals surface area contributed by atoms with Gasteiger partial charge in [0.25, 0.3) is 0 Å². The summed E-state index contributed by atoms with van der Waals surface area (Å²) < 4.78 is 1.38. The summed E-state index contributed by atoms with van der Waals surface area (Å²) in [5, 5.41) is 12.9. The Labute approximate surface area is 92.1 Å².